The average Bonchev–Trinajstić information content (AvgIpc) is 2.70. The fourth-order valence-corrected chi connectivity index (χ4v) is 2.21. The molecule has 104 valence electrons. The van der Waals surface area contributed by atoms with E-state index >= 15 is 0 Å². The Morgan fingerprint density at radius 1 is 1.42 bits per heavy atom. The monoisotopic (exact) mass is 285 g/mol. The summed E-state index contributed by atoms with van der Waals surface area (Å²) in [5.41, 5.74) is 6.92. The maximum atomic E-state index is 11.5. The number of hydrogen-bond acceptors (Lipinski definition) is 4. The Kier molecular flexibility index (Phi) is 5.31. The van der Waals surface area contributed by atoms with Crippen LogP contribution in [0.25, 0.3) is 0 Å². The molecule has 0 fully saturated rings. The Labute approximate surface area is 113 Å². The summed E-state index contributed by atoms with van der Waals surface area (Å²) in [5, 5.41) is 17.4. The van der Waals surface area contributed by atoms with Crippen molar-refractivity contribution >= 4 is 29.2 Å². The quantitative estimate of drug-likeness (QED) is 0.595. The molecule has 0 aliphatic heterocycles. The number of carbonyl (C=O) groups excluding carboxylic acids is 2. The second-order valence-corrected chi connectivity index (χ2v) is 4.71. The molecule has 5 N–H and O–H groups in total. The van der Waals surface area contributed by atoms with E-state index in [0.717, 1.165) is 11.1 Å². The summed E-state index contributed by atoms with van der Waals surface area (Å²) in [7, 11) is 0. The van der Waals surface area contributed by atoms with Gasteiger partial charge in [0.1, 0.15) is 6.04 Å². The summed E-state index contributed by atoms with van der Waals surface area (Å²) in [6, 6.07) is -1.97. The molecule has 0 aliphatic rings. The first kappa shape index (κ1) is 15.0. The molecule has 0 bridgehead atoms. The highest BCUT2D eigenvalue weighted by atomic mass is 32.1. The van der Waals surface area contributed by atoms with Gasteiger partial charge in [-0.05, 0) is 28.8 Å². The average molecular weight is 285 g/mol. The molecule has 0 aliphatic carbocycles. The van der Waals surface area contributed by atoms with Crippen molar-refractivity contribution in [1.82, 2.24) is 10.6 Å². The van der Waals surface area contributed by atoms with E-state index in [0.29, 0.717) is 6.54 Å². The normalized spacial score (nSPS) is 11.6. The number of carboxylic acids is 1. The third kappa shape index (κ3) is 4.96. The van der Waals surface area contributed by atoms with Gasteiger partial charge in [-0.15, -0.1) is 0 Å². The summed E-state index contributed by atoms with van der Waals surface area (Å²) >= 11 is 1.52. The first-order chi connectivity index (χ1) is 8.90. The molecule has 1 atom stereocenters. The summed E-state index contributed by atoms with van der Waals surface area (Å²) in [4.78, 5) is 33.0. The van der Waals surface area contributed by atoms with Gasteiger partial charge in [0.15, 0.2) is 0 Å². The molecule has 1 aromatic rings. The molecule has 0 spiro atoms. The van der Waals surface area contributed by atoms with Gasteiger partial charge in [-0.1, -0.05) is 0 Å². The molecular formula is C11H15N3O4S. The van der Waals surface area contributed by atoms with Gasteiger partial charge in [0.05, 0.1) is 6.42 Å². The number of nitrogens with two attached hydrogens (primary N) is 1. The first-order valence-electron chi connectivity index (χ1n) is 5.47. The van der Waals surface area contributed by atoms with Crippen molar-refractivity contribution in [1.29, 1.82) is 0 Å². The summed E-state index contributed by atoms with van der Waals surface area (Å²) in [6.45, 7) is 2.21. The van der Waals surface area contributed by atoms with Crippen molar-refractivity contribution in [2.75, 3.05) is 0 Å². The number of nitrogens with one attached hydrogen (secondary N) is 2. The minimum absolute atomic E-state index is 0.296. The Bertz CT molecular complexity index is 486. The lowest BCUT2D eigenvalue weighted by atomic mass is 10.2. The van der Waals surface area contributed by atoms with E-state index in [1.807, 2.05) is 17.7 Å². The first-order valence-corrected chi connectivity index (χ1v) is 6.41. The summed E-state index contributed by atoms with van der Waals surface area (Å²) in [6.07, 6.45) is -0.444. The summed E-state index contributed by atoms with van der Waals surface area (Å²) < 4.78 is 0. The van der Waals surface area contributed by atoms with E-state index in [4.69, 9.17) is 10.8 Å². The van der Waals surface area contributed by atoms with Crippen molar-refractivity contribution < 1.29 is 19.5 Å². The molecule has 1 unspecified atom stereocenters. The summed E-state index contributed by atoms with van der Waals surface area (Å²) in [5.74, 6) is -2.10. The molecule has 8 heteroatoms. The van der Waals surface area contributed by atoms with Gasteiger partial charge in [0.25, 0.3) is 0 Å². The van der Waals surface area contributed by atoms with Crippen LogP contribution >= 0.6 is 11.3 Å². The lowest BCUT2D eigenvalue weighted by Crippen LogP contribution is -2.47. The zero-order chi connectivity index (χ0) is 14.4. The van der Waals surface area contributed by atoms with Crippen molar-refractivity contribution in [2.45, 2.75) is 25.9 Å². The molecule has 1 heterocycles. The van der Waals surface area contributed by atoms with Crippen molar-refractivity contribution in [2.24, 2.45) is 5.73 Å². The number of thiophene rings is 1. The molecule has 0 radical (unpaired) electrons. The molecule has 1 rings (SSSR count). The third-order valence-electron chi connectivity index (χ3n) is 2.41. The van der Waals surface area contributed by atoms with E-state index in [-0.39, 0.29) is 0 Å². The van der Waals surface area contributed by atoms with Gasteiger partial charge >= 0.3 is 12.0 Å². The van der Waals surface area contributed by atoms with Crippen LogP contribution in [0.3, 0.4) is 0 Å². The smallest absolute Gasteiger partial charge is 0.326 e. The lowest BCUT2D eigenvalue weighted by Gasteiger charge is -2.13. The minimum Gasteiger partial charge on any atom is -0.480 e. The van der Waals surface area contributed by atoms with Crippen LogP contribution in [-0.4, -0.2) is 29.1 Å². The predicted octanol–water partition coefficient (Wildman–Crippen LogP) is 0.184. The van der Waals surface area contributed by atoms with Gasteiger partial charge in [-0.2, -0.15) is 11.3 Å². The van der Waals surface area contributed by atoms with Crippen LogP contribution in [0.15, 0.2) is 10.8 Å². The Morgan fingerprint density at radius 2 is 2.11 bits per heavy atom. The maximum Gasteiger partial charge on any atom is 0.326 e. The molecule has 3 amide bonds. The Morgan fingerprint density at radius 3 is 2.58 bits per heavy atom. The lowest BCUT2D eigenvalue weighted by molar-refractivity contribution is -0.140. The molecular weight excluding hydrogens is 270 g/mol. The van der Waals surface area contributed by atoms with Crippen molar-refractivity contribution in [3.63, 3.8) is 0 Å². The van der Waals surface area contributed by atoms with Crippen molar-refractivity contribution in [3.05, 3.63) is 21.9 Å². The van der Waals surface area contributed by atoms with Crippen LogP contribution in [0, 0.1) is 6.92 Å². The highest BCUT2D eigenvalue weighted by Gasteiger charge is 2.21. The number of rotatable bonds is 6. The van der Waals surface area contributed by atoms with Gasteiger partial charge in [0, 0.05) is 6.54 Å². The standard InChI is InChI=1S/C11H15N3O4S/c1-6-4-19-5-7(6)3-13-11(18)14-8(10(16)17)2-9(12)15/h4-5,8H,2-3H2,1H3,(H2,12,15)(H,16,17)(H2,13,14,18). The van der Waals surface area contributed by atoms with Gasteiger partial charge < -0.3 is 21.5 Å². The molecule has 19 heavy (non-hydrogen) atoms. The van der Waals surface area contributed by atoms with Crippen molar-refractivity contribution in [3.8, 4) is 0 Å². The molecule has 0 saturated carbocycles. The van der Waals surface area contributed by atoms with E-state index in [9.17, 15) is 14.4 Å². The van der Waals surface area contributed by atoms with Crippen LogP contribution in [-0.2, 0) is 16.1 Å². The number of carbonyl (C=O) groups is 3. The largest absolute Gasteiger partial charge is 0.480 e. The number of carboxylic acid groups (broad SMARTS) is 1. The number of aliphatic carboxylic acids is 1. The zero-order valence-corrected chi connectivity index (χ0v) is 11.1. The number of amides is 3. The fraction of sp³-hybridized carbons (Fsp3) is 0.364. The zero-order valence-electron chi connectivity index (χ0n) is 10.3. The number of primary amides is 1. The van der Waals surface area contributed by atoms with Gasteiger partial charge in [0.2, 0.25) is 5.91 Å². The van der Waals surface area contributed by atoms with Crippen LogP contribution < -0.4 is 16.4 Å². The third-order valence-corrected chi connectivity index (χ3v) is 3.32. The predicted molar refractivity (Wildman–Crippen MR) is 69.7 cm³/mol. The number of aryl methyl sites for hydroxylation is 1. The highest BCUT2D eigenvalue weighted by Crippen LogP contribution is 2.12. The van der Waals surface area contributed by atoms with Crippen LogP contribution in [0.1, 0.15) is 17.5 Å². The van der Waals surface area contributed by atoms with E-state index < -0.39 is 30.4 Å². The second kappa shape index (κ2) is 6.74. The SMILES string of the molecule is Cc1cscc1CNC(=O)NC(CC(N)=O)C(=O)O. The molecule has 0 saturated heterocycles. The van der Waals surface area contributed by atoms with Crippen LogP contribution in [0.4, 0.5) is 4.79 Å². The maximum absolute atomic E-state index is 11.5. The molecule has 1 aromatic heterocycles. The number of hydrogen-bond donors (Lipinski definition) is 4. The van der Waals surface area contributed by atoms with Gasteiger partial charge in [-0.3, -0.25) is 4.79 Å². The van der Waals surface area contributed by atoms with E-state index in [1.54, 1.807) is 0 Å². The molecule has 7 nitrogen and oxygen atoms in total. The Balaban J connectivity index is 2.47. The van der Waals surface area contributed by atoms with Crippen LogP contribution in [0.5, 0.6) is 0 Å². The van der Waals surface area contributed by atoms with Crippen LogP contribution in [0.2, 0.25) is 0 Å². The topological polar surface area (TPSA) is 122 Å². The number of urea groups is 1. The Hall–Kier alpha value is -2.09. The fourth-order valence-electron chi connectivity index (χ4n) is 1.35. The minimum atomic E-state index is -1.32. The van der Waals surface area contributed by atoms with E-state index in [1.165, 1.54) is 11.3 Å². The van der Waals surface area contributed by atoms with Gasteiger partial charge in [-0.25, -0.2) is 9.59 Å². The van der Waals surface area contributed by atoms with E-state index in [2.05, 4.69) is 10.6 Å². The molecule has 0 aromatic carbocycles. The second-order valence-electron chi connectivity index (χ2n) is 3.97. The highest BCUT2D eigenvalue weighted by molar-refractivity contribution is 7.08.